The molecule has 0 bridgehead atoms. The Morgan fingerprint density at radius 3 is 2.44 bits per heavy atom. The topological polar surface area (TPSA) is 47.6 Å². The summed E-state index contributed by atoms with van der Waals surface area (Å²) in [5, 5.41) is 0. The maximum absolute atomic E-state index is 5.34. The van der Waals surface area contributed by atoms with Gasteiger partial charge in [-0.15, -0.1) is 0 Å². The molecule has 50 valence electrons. The minimum absolute atomic E-state index is 0.310. The van der Waals surface area contributed by atoms with Crippen molar-refractivity contribution < 1.29 is 4.74 Å². The Labute approximate surface area is 54.5 Å². The average molecular weight is 126 g/mol. The van der Waals surface area contributed by atoms with Crippen LogP contribution in [0.25, 0.3) is 0 Å². The van der Waals surface area contributed by atoms with E-state index in [9.17, 15) is 0 Å². The minimum atomic E-state index is 0.310. The maximum atomic E-state index is 5.34. The Hall–Kier alpha value is -1.25. The predicted octanol–water partition coefficient (Wildman–Crippen LogP) is 0.647. The highest BCUT2D eigenvalue weighted by atomic mass is 16.5. The van der Waals surface area contributed by atoms with Gasteiger partial charge < -0.3 is 10.5 Å². The summed E-state index contributed by atoms with van der Waals surface area (Å²) in [5.41, 5.74) is 5.74. The zero-order chi connectivity index (χ0) is 7.28. The molecule has 0 heterocycles. The summed E-state index contributed by atoms with van der Waals surface area (Å²) in [4.78, 5) is 3.49. The van der Waals surface area contributed by atoms with Crippen molar-refractivity contribution in [2.75, 3.05) is 7.11 Å². The Balaban J connectivity index is 4.36. The molecule has 0 radical (unpaired) electrons. The number of allylic oxidation sites excluding steroid dienone is 1. The molecule has 2 N–H and O–H groups in total. The number of hydrogen-bond donors (Lipinski definition) is 1. The van der Waals surface area contributed by atoms with Gasteiger partial charge in [0.2, 0.25) is 5.88 Å². The van der Waals surface area contributed by atoms with Crippen molar-refractivity contribution in [2.24, 2.45) is 10.7 Å². The molecule has 0 amide bonds. The number of ether oxygens (including phenoxy) is 1. The highest BCUT2D eigenvalue weighted by molar-refractivity contribution is 5.30. The number of methoxy groups -OCH3 is 1. The van der Waals surface area contributed by atoms with E-state index in [-0.39, 0.29) is 0 Å². The van der Waals surface area contributed by atoms with Crippen molar-refractivity contribution in [2.45, 2.75) is 0 Å². The van der Waals surface area contributed by atoms with Gasteiger partial charge in [-0.05, 0) is 12.8 Å². The molecular formula is C6H10N2O. The van der Waals surface area contributed by atoms with Crippen LogP contribution >= 0.6 is 0 Å². The molecule has 3 nitrogen and oxygen atoms in total. The molecule has 0 atom stereocenters. The fourth-order valence-electron chi connectivity index (χ4n) is 0.361. The van der Waals surface area contributed by atoms with E-state index in [1.54, 1.807) is 0 Å². The third-order valence-corrected chi connectivity index (χ3v) is 0.804. The van der Waals surface area contributed by atoms with Crippen LogP contribution in [0.3, 0.4) is 0 Å². The number of nitrogens with two attached hydrogens (primary N) is 1. The summed E-state index contributed by atoms with van der Waals surface area (Å²) in [6.45, 7) is 6.67. The van der Waals surface area contributed by atoms with E-state index in [0.29, 0.717) is 11.6 Å². The van der Waals surface area contributed by atoms with Gasteiger partial charge in [0.25, 0.3) is 0 Å². The molecule has 3 heteroatoms. The van der Waals surface area contributed by atoms with Gasteiger partial charge in [0.15, 0.2) is 0 Å². The first-order chi connectivity index (χ1) is 4.26. The zero-order valence-electron chi connectivity index (χ0n) is 5.42. The number of hydrogen-bond acceptors (Lipinski definition) is 3. The molecule has 0 aliphatic carbocycles. The van der Waals surface area contributed by atoms with E-state index < -0.39 is 0 Å². The van der Waals surface area contributed by atoms with E-state index in [4.69, 9.17) is 10.5 Å². The van der Waals surface area contributed by atoms with E-state index in [1.807, 2.05) is 0 Å². The first-order valence-corrected chi connectivity index (χ1v) is 2.39. The monoisotopic (exact) mass is 126 g/mol. The van der Waals surface area contributed by atoms with Crippen LogP contribution in [0.4, 0.5) is 0 Å². The first-order valence-electron chi connectivity index (χ1n) is 2.39. The molecule has 0 spiro atoms. The van der Waals surface area contributed by atoms with Gasteiger partial charge in [0.05, 0.1) is 12.8 Å². The Kier molecular flexibility index (Phi) is 3.20. The molecular weight excluding hydrogens is 116 g/mol. The third-order valence-electron chi connectivity index (χ3n) is 0.804. The van der Waals surface area contributed by atoms with Crippen molar-refractivity contribution in [3.05, 3.63) is 24.2 Å². The van der Waals surface area contributed by atoms with Gasteiger partial charge in [-0.1, -0.05) is 6.58 Å². The Morgan fingerprint density at radius 2 is 2.33 bits per heavy atom. The van der Waals surface area contributed by atoms with Crippen LogP contribution in [0, 0.1) is 0 Å². The largest absolute Gasteiger partial charge is 0.480 e. The first kappa shape index (κ1) is 7.75. The summed E-state index contributed by atoms with van der Waals surface area (Å²) >= 11 is 0. The van der Waals surface area contributed by atoms with Crippen LogP contribution in [0.15, 0.2) is 29.2 Å². The van der Waals surface area contributed by atoms with E-state index >= 15 is 0 Å². The second kappa shape index (κ2) is 3.72. The van der Waals surface area contributed by atoms with Crippen LogP contribution in [-0.2, 0) is 4.74 Å². The molecule has 0 unspecified atom stereocenters. The Bertz CT molecular complexity index is 149. The fourth-order valence-corrected chi connectivity index (χ4v) is 0.361. The van der Waals surface area contributed by atoms with Crippen molar-refractivity contribution in [3.8, 4) is 0 Å². The standard InChI is InChI=1S/C6H10N2O/c1-4-5(7)6(8-2)9-3/h4H,1-2,7H2,3H3/b6-5-. The van der Waals surface area contributed by atoms with Gasteiger partial charge in [-0.3, -0.25) is 0 Å². The molecule has 0 rings (SSSR count). The van der Waals surface area contributed by atoms with Crippen molar-refractivity contribution in [1.29, 1.82) is 0 Å². The van der Waals surface area contributed by atoms with Gasteiger partial charge in [0, 0.05) is 0 Å². The second-order valence-corrected chi connectivity index (χ2v) is 1.33. The molecule has 0 aliphatic rings. The quantitative estimate of drug-likeness (QED) is 0.343. The lowest BCUT2D eigenvalue weighted by Crippen LogP contribution is -1.98. The van der Waals surface area contributed by atoms with Crippen molar-refractivity contribution in [1.82, 2.24) is 0 Å². The van der Waals surface area contributed by atoms with Crippen LogP contribution in [0.2, 0.25) is 0 Å². The smallest absolute Gasteiger partial charge is 0.236 e. The lowest BCUT2D eigenvalue weighted by Gasteiger charge is -1.99. The summed E-state index contributed by atoms with van der Waals surface area (Å²) in [6, 6.07) is 0. The Morgan fingerprint density at radius 1 is 1.78 bits per heavy atom. The van der Waals surface area contributed by atoms with Crippen LogP contribution < -0.4 is 5.73 Å². The molecule has 0 aromatic rings. The highest BCUT2D eigenvalue weighted by Gasteiger charge is 1.92. The van der Waals surface area contributed by atoms with Gasteiger partial charge >= 0.3 is 0 Å². The summed E-state index contributed by atoms with van der Waals surface area (Å²) in [6.07, 6.45) is 1.45. The molecule has 9 heavy (non-hydrogen) atoms. The number of nitrogens with zero attached hydrogens (tertiary/aromatic N) is 1. The van der Waals surface area contributed by atoms with Gasteiger partial charge in [-0.2, -0.15) is 0 Å². The molecule has 0 aromatic carbocycles. The number of aliphatic imine (C=N–C) groups is 1. The number of rotatable bonds is 3. The summed E-state index contributed by atoms with van der Waals surface area (Å²) in [5.74, 6) is 0.310. The third kappa shape index (κ3) is 1.99. The zero-order valence-corrected chi connectivity index (χ0v) is 5.42. The van der Waals surface area contributed by atoms with E-state index in [2.05, 4.69) is 18.3 Å². The lowest BCUT2D eigenvalue weighted by molar-refractivity contribution is 0.285. The van der Waals surface area contributed by atoms with E-state index in [1.165, 1.54) is 13.2 Å². The highest BCUT2D eigenvalue weighted by Crippen LogP contribution is 1.99. The average Bonchev–Trinajstić information content (AvgIpc) is 1.90. The van der Waals surface area contributed by atoms with Crippen LogP contribution in [0.1, 0.15) is 0 Å². The lowest BCUT2D eigenvalue weighted by atomic mass is 10.4. The minimum Gasteiger partial charge on any atom is -0.480 e. The predicted molar refractivity (Wildman–Crippen MR) is 38.0 cm³/mol. The SMILES string of the molecule is C=C/C(N)=C(\N=C)OC. The fraction of sp³-hybridized carbons (Fsp3) is 0.167. The molecule has 0 fully saturated rings. The van der Waals surface area contributed by atoms with Gasteiger partial charge in [0.1, 0.15) is 0 Å². The molecule has 0 aliphatic heterocycles. The van der Waals surface area contributed by atoms with Crippen molar-refractivity contribution in [3.63, 3.8) is 0 Å². The maximum Gasteiger partial charge on any atom is 0.236 e. The second-order valence-electron chi connectivity index (χ2n) is 1.33. The summed E-state index contributed by atoms with van der Waals surface area (Å²) < 4.78 is 4.71. The van der Waals surface area contributed by atoms with Crippen molar-refractivity contribution >= 4 is 6.72 Å². The van der Waals surface area contributed by atoms with Crippen LogP contribution in [0.5, 0.6) is 0 Å². The van der Waals surface area contributed by atoms with E-state index in [0.717, 1.165) is 0 Å². The molecule has 0 aromatic heterocycles. The van der Waals surface area contributed by atoms with Gasteiger partial charge in [-0.25, -0.2) is 4.99 Å². The molecule has 0 saturated heterocycles. The summed E-state index contributed by atoms with van der Waals surface area (Å²) in [7, 11) is 1.47. The van der Waals surface area contributed by atoms with Crippen LogP contribution in [-0.4, -0.2) is 13.8 Å². The normalized spacial score (nSPS) is 11.7. The molecule has 0 saturated carbocycles.